The van der Waals surface area contributed by atoms with Crippen LogP contribution in [0.2, 0.25) is 0 Å². The molecular weight excluding hydrogens is 140 g/mol. The second-order valence-corrected chi connectivity index (χ2v) is 2.61. The minimum absolute atomic E-state index is 0.408. The molecule has 3 nitrogen and oxygen atoms in total. The lowest BCUT2D eigenvalue weighted by Gasteiger charge is -2.04. The van der Waals surface area contributed by atoms with Gasteiger partial charge in [-0.3, -0.25) is 0 Å². The zero-order chi connectivity index (χ0) is 8.27. The molecule has 0 saturated carbocycles. The topological polar surface area (TPSA) is 34.4 Å². The van der Waals surface area contributed by atoms with Gasteiger partial charge in [-0.25, -0.2) is 4.79 Å². The zero-order valence-electron chi connectivity index (χ0n) is 6.61. The van der Waals surface area contributed by atoms with Gasteiger partial charge in [-0.1, -0.05) is 0 Å². The fourth-order valence-electron chi connectivity index (χ4n) is 0.841. The normalized spacial score (nSPS) is 9.73. The predicted octanol–water partition coefficient (Wildman–Crippen LogP) is 2.04. The van der Waals surface area contributed by atoms with Crippen LogP contribution in [0.15, 0.2) is 23.5 Å². The molecule has 0 aromatic carbocycles. The largest absolute Gasteiger partial charge is 0.350 e. The second-order valence-electron chi connectivity index (χ2n) is 2.61. The Hall–Kier alpha value is -1.34. The van der Waals surface area contributed by atoms with Gasteiger partial charge in [0.25, 0.3) is 0 Å². The van der Waals surface area contributed by atoms with E-state index in [1.807, 2.05) is 17.0 Å². The van der Waals surface area contributed by atoms with E-state index in [1.165, 1.54) is 6.08 Å². The van der Waals surface area contributed by atoms with Crippen molar-refractivity contribution in [2.75, 3.05) is 0 Å². The molecule has 0 bridgehead atoms. The summed E-state index contributed by atoms with van der Waals surface area (Å²) in [5, 5.41) is 0. The number of nitrogens with zero attached hydrogens (tertiary/aromatic N) is 2. The first kappa shape index (κ1) is 7.76. The Labute approximate surface area is 65.4 Å². The van der Waals surface area contributed by atoms with E-state index in [0.717, 1.165) is 0 Å². The summed E-state index contributed by atoms with van der Waals surface area (Å²) in [5.74, 6) is 0. The van der Waals surface area contributed by atoms with Crippen LogP contribution in [0.25, 0.3) is 0 Å². The van der Waals surface area contributed by atoms with Crippen molar-refractivity contribution < 1.29 is 4.79 Å². The van der Waals surface area contributed by atoms with Crippen LogP contribution in [0.5, 0.6) is 0 Å². The highest BCUT2D eigenvalue weighted by Gasteiger charge is 1.97. The highest BCUT2D eigenvalue weighted by molar-refractivity contribution is 5.47. The maximum Gasteiger partial charge on any atom is 0.240 e. The Balaban J connectivity index is 2.90. The third-order valence-corrected chi connectivity index (χ3v) is 1.47. The van der Waals surface area contributed by atoms with Crippen LogP contribution in [-0.4, -0.2) is 10.6 Å². The van der Waals surface area contributed by atoms with Crippen molar-refractivity contribution >= 4 is 11.8 Å². The summed E-state index contributed by atoms with van der Waals surface area (Å²) in [6, 6.07) is 2.19. The molecule has 0 aliphatic carbocycles. The first-order chi connectivity index (χ1) is 5.24. The van der Waals surface area contributed by atoms with Crippen LogP contribution >= 0.6 is 0 Å². The van der Waals surface area contributed by atoms with Crippen molar-refractivity contribution in [3.05, 3.63) is 18.5 Å². The summed E-state index contributed by atoms with van der Waals surface area (Å²) in [7, 11) is 0. The van der Waals surface area contributed by atoms with E-state index in [2.05, 4.69) is 18.8 Å². The maximum atomic E-state index is 9.85. The van der Waals surface area contributed by atoms with Gasteiger partial charge in [-0.05, 0) is 19.9 Å². The molecule has 0 fully saturated rings. The fourth-order valence-corrected chi connectivity index (χ4v) is 0.841. The summed E-state index contributed by atoms with van der Waals surface area (Å²) >= 11 is 0. The highest BCUT2D eigenvalue weighted by atomic mass is 16.1. The van der Waals surface area contributed by atoms with Crippen LogP contribution in [-0.2, 0) is 4.79 Å². The highest BCUT2D eigenvalue weighted by Crippen LogP contribution is 2.14. The molecule has 0 amide bonds. The Kier molecular flexibility index (Phi) is 2.24. The summed E-state index contributed by atoms with van der Waals surface area (Å²) in [6.07, 6.45) is 5.20. The molecule has 1 aromatic heterocycles. The average Bonchev–Trinajstić information content (AvgIpc) is 2.37. The van der Waals surface area contributed by atoms with Gasteiger partial charge in [0.05, 0.1) is 5.69 Å². The van der Waals surface area contributed by atoms with Gasteiger partial charge in [0, 0.05) is 18.4 Å². The molecule has 0 N–H and O–H groups in total. The predicted molar refractivity (Wildman–Crippen MR) is 42.6 cm³/mol. The summed E-state index contributed by atoms with van der Waals surface area (Å²) in [4.78, 5) is 13.3. The molecule has 0 aliphatic rings. The molecular formula is C8H10N2O. The fraction of sp³-hybridized carbons (Fsp3) is 0.375. The average molecular weight is 150 g/mol. The summed E-state index contributed by atoms with van der Waals surface area (Å²) in [6.45, 7) is 4.13. The standard InChI is InChI=1S/C8H10N2O/c1-7(2)10-4-3-8(5-10)9-6-11/h3-5,7H,1-2H3. The van der Waals surface area contributed by atoms with E-state index in [1.54, 1.807) is 6.07 Å². The van der Waals surface area contributed by atoms with Crippen LogP contribution < -0.4 is 0 Å². The van der Waals surface area contributed by atoms with Crippen molar-refractivity contribution in [2.45, 2.75) is 19.9 Å². The SMILES string of the molecule is CC(C)n1ccc(N=C=O)c1. The number of aromatic nitrogens is 1. The first-order valence-electron chi connectivity index (χ1n) is 3.49. The van der Waals surface area contributed by atoms with Gasteiger partial charge in [-0.2, -0.15) is 4.99 Å². The van der Waals surface area contributed by atoms with Gasteiger partial charge in [0.1, 0.15) is 0 Å². The van der Waals surface area contributed by atoms with Crippen molar-refractivity contribution in [2.24, 2.45) is 4.99 Å². The van der Waals surface area contributed by atoms with Crippen molar-refractivity contribution in [1.82, 2.24) is 4.57 Å². The van der Waals surface area contributed by atoms with Gasteiger partial charge in [-0.15, -0.1) is 0 Å². The number of hydrogen-bond acceptors (Lipinski definition) is 2. The summed E-state index contributed by atoms with van der Waals surface area (Å²) < 4.78 is 1.98. The minimum atomic E-state index is 0.408. The molecule has 1 aromatic rings. The molecule has 1 rings (SSSR count). The van der Waals surface area contributed by atoms with Gasteiger partial charge < -0.3 is 4.57 Å². The van der Waals surface area contributed by atoms with Crippen molar-refractivity contribution in [3.8, 4) is 0 Å². The van der Waals surface area contributed by atoms with Crippen LogP contribution in [0.1, 0.15) is 19.9 Å². The molecule has 58 valence electrons. The number of rotatable bonds is 2. The quantitative estimate of drug-likeness (QED) is 0.469. The molecule has 3 heteroatoms. The summed E-state index contributed by atoms with van der Waals surface area (Å²) in [5.41, 5.74) is 0.661. The lowest BCUT2D eigenvalue weighted by Crippen LogP contribution is -1.94. The Morgan fingerprint density at radius 1 is 1.64 bits per heavy atom. The van der Waals surface area contributed by atoms with E-state index in [-0.39, 0.29) is 0 Å². The molecule has 0 saturated heterocycles. The Morgan fingerprint density at radius 3 is 2.82 bits per heavy atom. The molecule has 0 radical (unpaired) electrons. The van der Waals surface area contributed by atoms with Gasteiger partial charge in [0.15, 0.2) is 0 Å². The van der Waals surface area contributed by atoms with Crippen LogP contribution in [0, 0.1) is 0 Å². The monoisotopic (exact) mass is 150 g/mol. The maximum absolute atomic E-state index is 9.85. The van der Waals surface area contributed by atoms with E-state index in [9.17, 15) is 4.79 Å². The third kappa shape index (κ3) is 1.79. The molecule has 0 unspecified atom stereocenters. The molecule has 0 spiro atoms. The molecule has 0 atom stereocenters. The van der Waals surface area contributed by atoms with Crippen LogP contribution in [0.3, 0.4) is 0 Å². The van der Waals surface area contributed by atoms with Crippen molar-refractivity contribution in [1.29, 1.82) is 0 Å². The van der Waals surface area contributed by atoms with Crippen LogP contribution in [0.4, 0.5) is 5.69 Å². The van der Waals surface area contributed by atoms with E-state index in [0.29, 0.717) is 11.7 Å². The second kappa shape index (κ2) is 3.17. The lowest BCUT2D eigenvalue weighted by atomic mass is 10.4. The third-order valence-electron chi connectivity index (χ3n) is 1.47. The minimum Gasteiger partial charge on any atom is -0.350 e. The number of isocyanates is 1. The van der Waals surface area contributed by atoms with E-state index < -0.39 is 0 Å². The Bertz CT molecular complexity index is 282. The smallest absolute Gasteiger partial charge is 0.240 e. The van der Waals surface area contributed by atoms with E-state index in [4.69, 9.17) is 0 Å². The zero-order valence-corrected chi connectivity index (χ0v) is 6.61. The molecule has 0 aliphatic heterocycles. The molecule has 1 heterocycles. The number of hydrogen-bond donors (Lipinski definition) is 0. The first-order valence-corrected chi connectivity index (χ1v) is 3.49. The lowest BCUT2D eigenvalue weighted by molar-refractivity contribution is 0.565. The van der Waals surface area contributed by atoms with Gasteiger partial charge >= 0.3 is 0 Å². The van der Waals surface area contributed by atoms with Gasteiger partial charge in [0.2, 0.25) is 6.08 Å². The number of carbonyl (C=O) groups excluding carboxylic acids is 1. The molecule has 11 heavy (non-hydrogen) atoms. The number of aliphatic imine (C=N–C) groups is 1. The van der Waals surface area contributed by atoms with Crippen molar-refractivity contribution in [3.63, 3.8) is 0 Å². The Morgan fingerprint density at radius 2 is 2.36 bits per heavy atom. The van der Waals surface area contributed by atoms with E-state index >= 15 is 0 Å².